The number of nitrogens with zero attached hydrogens (tertiary/aromatic N) is 1. The predicted molar refractivity (Wildman–Crippen MR) is 147 cm³/mol. The molecule has 0 bridgehead atoms. The fourth-order valence-corrected chi connectivity index (χ4v) is 5.31. The second kappa shape index (κ2) is 21.7. The number of H-pyrrole nitrogens is 1. The number of aromatic amines is 1. The van der Waals surface area contributed by atoms with Crippen LogP contribution in [0.1, 0.15) is 187 Å². The first-order valence-electron chi connectivity index (χ1n) is 15.3. The third-order valence-corrected chi connectivity index (χ3v) is 7.50. The summed E-state index contributed by atoms with van der Waals surface area (Å²) in [6.07, 6.45) is 35.8. The van der Waals surface area contributed by atoms with Crippen LogP contribution in [0.2, 0.25) is 0 Å². The van der Waals surface area contributed by atoms with Crippen molar-refractivity contribution in [2.45, 2.75) is 181 Å². The van der Waals surface area contributed by atoms with Crippen LogP contribution in [-0.4, -0.2) is 4.98 Å². The largest absolute Gasteiger partial charge is 0.257 e. The Morgan fingerprint density at radius 2 is 0.939 bits per heavy atom. The average Bonchev–Trinajstić information content (AvgIpc) is 3.30. The maximum Gasteiger partial charge on any atom is 0.257 e. The lowest BCUT2D eigenvalue weighted by Gasteiger charge is -2.15. The van der Waals surface area contributed by atoms with Crippen molar-refractivity contribution >= 4 is 0 Å². The zero-order valence-corrected chi connectivity index (χ0v) is 23.3. The summed E-state index contributed by atoms with van der Waals surface area (Å²) in [5.41, 5.74) is 0. The summed E-state index contributed by atoms with van der Waals surface area (Å²) in [4.78, 5) is 3.61. The molecule has 0 aliphatic heterocycles. The molecule has 0 saturated heterocycles. The van der Waals surface area contributed by atoms with Crippen molar-refractivity contribution in [2.24, 2.45) is 0 Å². The highest BCUT2D eigenvalue weighted by molar-refractivity contribution is 4.90. The van der Waals surface area contributed by atoms with Gasteiger partial charge in [0.05, 0.1) is 12.0 Å². The van der Waals surface area contributed by atoms with E-state index in [0.717, 1.165) is 0 Å². The molecule has 0 radical (unpaired) electrons. The Balaban J connectivity index is 2.16. The van der Waals surface area contributed by atoms with Gasteiger partial charge in [0.15, 0.2) is 0 Å². The van der Waals surface area contributed by atoms with E-state index in [0.29, 0.717) is 12.0 Å². The molecule has 2 heteroatoms. The summed E-state index contributed by atoms with van der Waals surface area (Å²) in [5, 5.41) is 0. The Morgan fingerprint density at radius 3 is 1.30 bits per heavy atom. The first-order chi connectivity index (χ1) is 16.2. The Morgan fingerprint density at radius 1 is 0.576 bits per heavy atom. The molecule has 0 amide bonds. The van der Waals surface area contributed by atoms with Gasteiger partial charge in [0.25, 0.3) is 5.82 Å². The minimum absolute atomic E-state index is 0.551. The van der Waals surface area contributed by atoms with E-state index in [9.17, 15) is 0 Å². The van der Waals surface area contributed by atoms with Gasteiger partial charge in [-0.15, -0.1) is 0 Å². The summed E-state index contributed by atoms with van der Waals surface area (Å²) in [7, 11) is 0. The normalized spacial score (nSPS) is 12.6. The van der Waals surface area contributed by atoms with Crippen LogP contribution in [-0.2, 0) is 0 Å². The molecule has 1 N–H and O–H groups in total. The maximum absolute atomic E-state index is 3.61. The molecule has 1 heterocycles. The van der Waals surface area contributed by atoms with E-state index in [1.54, 1.807) is 0 Å². The summed E-state index contributed by atoms with van der Waals surface area (Å²) in [6, 6.07) is 0.551. The molecule has 1 aromatic heterocycles. The molecule has 33 heavy (non-hydrogen) atoms. The van der Waals surface area contributed by atoms with Crippen molar-refractivity contribution in [1.82, 2.24) is 4.98 Å². The molecule has 1 rings (SSSR count). The highest BCUT2D eigenvalue weighted by Crippen LogP contribution is 2.26. The van der Waals surface area contributed by atoms with E-state index in [4.69, 9.17) is 0 Å². The van der Waals surface area contributed by atoms with Crippen LogP contribution < -0.4 is 4.57 Å². The van der Waals surface area contributed by atoms with Crippen LogP contribution in [0.5, 0.6) is 0 Å². The zero-order valence-electron chi connectivity index (χ0n) is 23.3. The van der Waals surface area contributed by atoms with Crippen molar-refractivity contribution in [3.63, 3.8) is 0 Å². The van der Waals surface area contributed by atoms with Crippen LogP contribution in [0.15, 0.2) is 12.4 Å². The van der Waals surface area contributed by atoms with E-state index in [1.807, 2.05) is 0 Å². The first-order valence-corrected chi connectivity index (χ1v) is 15.3. The van der Waals surface area contributed by atoms with Crippen molar-refractivity contribution in [2.75, 3.05) is 0 Å². The molecular weight excluding hydrogens is 400 g/mol. The van der Waals surface area contributed by atoms with Gasteiger partial charge in [-0.25, -0.2) is 9.55 Å². The molecule has 1 aromatic rings. The quantitative estimate of drug-likeness (QED) is 0.117. The second-order valence-electron chi connectivity index (χ2n) is 11.0. The van der Waals surface area contributed by atoms with Gasteiger partial charge < -0.3 is 0 Å². The summed E-state index contributed by atoms with van der Waals surface area (Å²) in [6.45, 7) is 9.23. The van der Waals surface area contributed by atoms with Crippen LogP contribution in [0.3, 0.4) is 0 Å². The van der Waals surface area contributed by atoms with Gasteiger partial charge in [-0.1, -0.05) is 142 Å². The predicted octanol–water partition coefficient (Wildman–Crippen LogP) is 10.6. The number of rotatable bonds is 24. The minimum atomic E-state index is 0.551. The second-order valence-corrected chi connectivity index (χ2v) is 11.0. The van der Waals surface area contributed by atoms with Gasteiger partial charge >= 0.3 is 0 Å². The molecule has 1 atom stereocenters. The maximum atomic E-state index is 3.61. The Kier molecular flexibility index (Phi) is 19.9. The molecule has 0 aliphatic carbocycles. The first kappa shape index (κ1) is 30.2. The monoisotopic (exact) mass is 461 g/mol. The van der Waals surface area contributed by atoms with Gasteiger partial charge in [0.1, 0.15) is 12.4 Å². The summed E-state index contributed by atoms with van der Waals surface area (Å²) < 4.78 is 2.48. The number of hydrogen-bond donors (Lipinski definition) is 1. The third-order valence-electron chi connectivity index (χ3n) is 7.50. The number of imidazole rings is 1. The molecule has 0 fully saturated rings. The number of hydrogen-bond acceptors (Lipinski definition) is 0. The number of unbranched alkanes of at least 4 members (excludes halogenated alkanes) is 18. The number of aromatic nitrogens is 2. The average molecular weight is 462 g/mol. The molecule has 2 nitrogen and oxygen atoms in total. The Labute approximate surface area is 208 Å². The highest BCUT2D eigenvalue weighted by Gasteiger charge is 2.23. The van der Waals surface area contributed by atoms with Crippen molar-refractivity contribution < 1.29 is 4.57 Å². The summed E-state index contributed by atoms with van der Waals surface area (Å²) >= 11 is 0. The number of nitrogens with one attached hydrogen (secondary N) is 1. The van der Waals surface area contributed by atoms with Crippen LogP contribution in [0.25, 0.3) is 0 Å². The fraction of sp³-hybridized carbons (Fsp3) is 0.903. The van der Waals surface area contributed by atoms with E-state index in [-0.39, 0.29) is 0 Å². The van der Waals surface area contributed by atoms with E-state index >= 15 is 0 Å². The lowest BCUT2D eigenvalue weighted by atomic mass is 9.93. The SMILES string of the molecule is CCCCCCCCCCCCCCCC[C@H](CCCCCCCC)c1[nH]cc[n+]1C(C)C. The van der Waals surface area contributed by atoms with E-state index in [2.05, 4.69) is 49.6 Å². The van der Waals surface area contributed by atoms with Crippen molar-refractivity contribution in [3.8, 4) is 0 Å². The van der Waals surface area contributed by atoms with Gasteiger partial charge in [-0.05, 0) is 26.7 Å². The zero-order chi connectivity index (χ0) is 24.0. The molecule has 0 saturated carbocycles. The molecule has 0 spiro atoms. The lowest BCUT2D eigenvalue weighted by Crippen LogP contribution is -2.39. The fourth-order valence-electron chi connectivity index (χ4n) is 5.31. The standard InChI is InChI=1S/C31H60N2/c1-5-7-9-11-13-14-15-16-17-18-19-20-22-24-26-30(25-23-21-12-10-8-6-2)31-32-27-28-33(31)29(3)4/h27-30H,5-26H2,1-4H3/p+1/t30-/m0/s1. The molecule has 0 aromatic carbocycles. The smallest absolute Gasteiger partial charge is 0.247 e. The van der Waals surface area contributed by atoms with Crippen LogP contribution in [0, 0.1) is 0 Å². The van der Waals surface area contributed by atoms with Gasteiger partial charge in [-0.2, -0.15) is 0 Å². The van der Waals surface area contributed by atoms with Crippen LogP contribution >= 0.6 is 0 Å². The third kappa shape index (κ3) is 15.7. The Bertz CT molecular complexity index is 519. The lowest BCUT2D eigenvalue weighted by molar-refractivity contribution is -0.723. The van der Waals surface area contributed by atoms with Gasteiger partial charge in [-0.3, -0.25) is 0 Å². The van der Waals surface area contributed by atoms with E-state index < -0.39 is 0 Å². The van der Waals surface area contributed by atoms with Crippen molar-refractivity contribution in [1.29, 1.82) is 0 Å². The molecular formula is C31H61N2+. The summed E-state index contributed by atoms with van der Waals surface area (Å²) in [5.74, 6) is 2.19. The highest BCUT2D eigenvalue weighted by atomic mass is 15.1. The topological polar surface area (TPSA) is 19.7 Å². The van der Waals surface area contributed by atoms with Gasteiger partial charge in [0.2, 0.25) is 0 Å². The molecule has 194 valence electrons. The van der Waals surface area contributed by atoms with E-state index in [1.165, 1.54) is 147 Å². The molecule has 0 aliphatic rings. The van der Waals surface area contributed by atoms with Gasteiger partial charge in [0, 0.05) is 0 Å². The molecule has 0 unspecified atom stereocenters. The van der Waals surface area contributed by atoms with Crippen LogP contribution in [0.4, 0.5) is 0 Å². The van der Waals surface area contributed by atoms with Crippen molar-refractivity contribution in [3.05, 3.63) is 18.2 Å². The minimum Gasteiger partial charge on any atom is -0.247 e. The Hall–Kier alpha value is -0.790.